The van der Waals surface area contributed by atoms with Gasteiger partial charge in [0.1, 0.15) is 18.0 Å². The van der Waals surface area contributed by atoms with Gasteiger partial charge in [0.15, 0.2) is 6.61 Å². The van der Waals surface area contributed by atoms with E-state index in [1.165, 1.54) is 12.1 Å². The molecule has 0 amide bonds. The van der Waals surface area contributed by atoms with E-state index in [1.54, 1.807) is 44.2 Å². The second kappa shape index (κ2) is 11.3. The first kappa shape index (κ1) is 26.4. The van der Waals surface area contributed by atoms with Gasteiger partial charge in [0.2, 0.25) is 0 Å². The van der Waals surface area contributed by atoms with Crippen molar-refractivity contribution in [3.8, 4) is 5.75 Å². The van der Waals surface area contributed by atoms with E-state index in [9.17, 15) is 33.6 Å². The van der Waals surface area contributed by atoms with Crippen molar-refractivity contribution in [3.05, 3.63) is 64.2 Å². The lowest BCUT2D eigenvalue weighted by Gasteiger charge is -2.30. The number of aliphatic hydroxyl groups excluding tert-OH is 4. The zero-order chi connectivity index (χ0) is 24.1. The fourth-order valence-corrected chi connectivity index (χ4v) is 3.45. The number of halogens is 4. The van der Waals surface area contributed by atoms with Gasteiger partial charge in [-0.1, -0.05) is 49.7 Å². The molecule has 0 saturated carbocycles. The first-order chi connectivity index (χ1) is 14.9. The van der Waals surface area contributed by atoms with Gasteiger partial charge in [0.05, 0.1) is 12.2 Å². The third-order valence-electron chi connectivity index (χ3n) is 5.34. The molecule has 0 saturated heterocycles. The van der Waals surface area contributed by atoms with Crippen LogP contribution >= 0.6 is 11.6 Å². The Morgan fingerprint density at radius 3 is 2.12 bits per heavy atom. The van der Waals surface area contributed by atoms with Crippen molar-refractivity contribution in [1.29, 1.82) is 0 Å². The highest BCUT2D eigenvalue weighted by atomic mass is 35.5. The Hall–Kier alpha value is -1.84. The van der Waals surface area contributed by atoms with Crippen LogP contribution in [0.3, 0.4) is 0 Å². The largest absolute Gasteiger partial charge is 0.484 e. The summed E-state index contributed by atoms with van der Waals surface area (Å²) in [7, 11) is 0. The summed E-state index contributed by atoms with van der Waals surface area (Å²) in [6.45, 7) is 1.96. The normalized spacial score (nSPS) is 16.8. The molecule has 0 bridgehead atoms. The summed E-state index contributed by atoms with van der Waals surface area (Å²) in [5, 5.41) is 40.9. The highest BCUT2D eigenvalue weighted by Crippen LogP contribution is 2.29. The van der Waals surface area contributed by atoms with Gasteiger partial charge >= 0.3 is 6.18 Å². The summed E-state index contributed by atoms with van der Waals surface area (Å²) >= 11 is 6.30. The standard InChI is InChI=1S/C23H28ClF3O5/c1-3-19(28)21(30)22(31)20(29)13(2)15-6-9-18(24)16(11-15)10-14-4-7-17(8-5-14)32-12-23(25,26)27/h4-9,11,13,19-22,28-31H,3,10,12H2,1-2H3. The van der Waals surface area contributed by atoms with Gasteiger partial charge in [-0.15, -0.1) is 0 Å². The number of benzene rings is 2. The molecule has 0 heterocycles. The number of rotatable bonds is 10. The first-order valence-corrected chi connectivity index (χ1v) is 10.6. The monoisotopic (exact) mass is 476 g/mol. The number of aliphatic hydroxyl groups is 4. The third kappa shape index (κ3) is 7.35. The van der Waals surface area contributed by atoms with Crippen LogP contribution < -0.4 is 4.74 Å². The fourth-order valence-electron chi connectivity index (χ4n) is 3.27. The molecule has 5 unspecified atom stereocenters. The smallest absolute Gasteiger partial charge is 0.422 e. The molecule has 0 aromatic heterocycles. The Morgan fingerprint density at radius 1 is 0.938 bits per heavy atom. The first-order valence-electron chi connectivity index (χ1n) is 10.2. The number of hydrogen-bond acceptors (Lipinski definition) is 5. The number of ether oxygens (including phenoxy) is 1. The van der Waals surface area contributed by atoms with E-state index >= 15 is 0 Å². The van der Waals surface area contributed by atoms with Crippen molar-refractivity contribution in [1.82, 2.24) is 0 Å². The SMILES string of the molecule is CCC(O)C(O)C(O)C(O)C(C)c1ccc(Cl)c(Cc2ccc(OCC(F)(F)F)cc2)c1. The Labute approximate surface area is 190 Å². The maximum Gasteiger partial charge on any atom is 0.422 e. The Morgan fingerprint density at radius 2 is 1.56 bits per heavy atom. The molecule has 0 aliphatic rings. The molecule has 2 aromatic rings. The van der Waals surface area contributed by atoms with Gasteiger partial charge in [-0.05, 0) is 47.7 Å². The van der Waals surface area contributed by atoms with Gasteiger partial charge in [0, 0.05) is 10.9 Å². The number of alkyl halides is 3. The second-order valence-electron chi connectivity index (χ2n) is 7.81. The molecule has 0 aliphatic carbocycles. The zero-order valence-electron chi connectivity index (χ0n) is 17.8. The summed E-state index contributed by atoms with van der Waals surface area (Å²) in [4.78, 5) is 0. The highest BCUT2D eigenvalue weighted by molar-refractivity contribution is 6.31. The quantitative estimate of drug-likeness (QED) is 0.418. The minimum absolute atomic E-state index is 0.101. The van der Waals surface area contributed by atoms with Crippen LogP contribution in [0.2, 0.25) is 5.02 Å². The molecule has 32 heavy (non-hydrogen) atoms. The minimum Gasteiger partial charge on any atom is -0.484 e. The van der Waals surface area contributed by atoms with E-state index in [0.29, 0.717) is 17.0 Å². The van der Waals surface area contributed by atoms with Crippen LogP contribution in [0.5, 0.6) is 5.75 Å². The van der Waals surface area contributed by atoms with Crippen LogP contribution in [0.4, 0.5) is 13.2 Å². The molecule has 5 atom stereocenters. The molecular weight excluding hydrogens is 449 g/mol. The van der Waals surface area contributed by atoms with E-state index < -0.39 is 43.1 Å². The molecule has 0 fully saturated rings. The molecule has 5 nitrogen and oxygen atoms in total. The molecule has 0 radical (unpaired) electrons. The van der Waals surface area contributed by atoms with Crippen LogP contribution in [-0.2, 0) is 6.42 Å². The van der Waals surface area contributed by atoms with E-state index in [2.05, 4.69) is 0 Å². The van der Waals surface area contributed by atoms with Crippen LogP contribution in [0.1, 0.15) is 42.9 Å². The van der Waals surface area contributed by atoms with E-state index in [-0.39, 0.29) is 12.2 Å². The lowest BCUT2D eigenvalue weighted by molar-refractivity contribution is -0.153. The highest BCUT2D eigenvalue weighted by Gasteiger charge is 2.33. The molecule has 178 valence electrons. The average Bonchev–Trinajstić information content (AvgIpc) is 2.76. The molecule has 2 rings (SSSR count). The Kier molecular flexibility index (Phi) is 9.36. The van der Waals surface area contributed by atoms with Crippen LogP contribution in [0.15, 0.2) is 42.5 Å². The molecule has 2 aromatic carbocycles. The second-order valence-corrected chi connectivity index (χ2v) is 8.22. The molecule has 0 aliphatic heterocycles. The van der Waals surface area contributed by atoms with Crippen molar-refractivity contribution >= 4 is 11.6 Å². The fraction of sp³-hybridized carbons (Fsp3) is 0.478. The molecule has 0 spiro atoms. The van der Waals surface area contributed by atoms with Gasteiger partial charge in [-0.3, -0.25) is 0 Å². The van der Waals surface area contributed by atoms with Gasteiger partial charge in [-0.25, -0.2) is 0 Å². The molecule has 9 heteroatoms. The van der Waals surface area contributed by atoms with Crippen molar-refractivity contribution in [2.24, 2.45) is 0 Å². The summed E-state index contributed by atoms with van der Waals surface area (Å²) in [5.41, 5.74) is 2.17. The zero-order valence-corrected chi connectivity index (χ0v) is 18.5. The minimum atomic E-state index is -4.41. The summed E-state index contributed by atoms with van der Waals surface area (Å²) < 4.78 is 41.5. The van der Waals surface area contributed by atoms with Crippen molar-refractivity contribution in [2.45, 2.75) is 63.2 Å². The summed E-state index contributed by atoms with van der Waals surface area (Å²) in [6, 6.07) is 11.3. The lowest BCUT2D eigenvalue weighted by atomic mass is 9.87. The number of hydrogen-bond donors (Lipinski definition) is 4. The molecular formula is C23H28ClF3O5. The third-order valence-corrected chi connectivity index (χ3v) is 5.71. The predicted octanol–water partition coefficient (Wildman–Crippen LogP) is 3.83. The van der Waals surface area contributed by atoms with Crippen molar-refractivity contribution < 1.29 is 38.3 Å². The maximum absolute atomic E-state index is 12.3. The van der Waals surface area contributed by atoms with E-state index in [1.807, 2.05) is 0 Å². The molecule has 4 N–H and O–H groups in total. The van der Waals surface area contributed by atoms with Crippen molar-refractivity contribution in [3.63, 3.8) is 0 Å². The van der Waals surface area contributed by atoms with Gasteiger partial charge < -0.3 is 25.2 Å². The maximum atomic E-state index is 12.3. The Balaban J connectivity index is 2.12. The van der Waals surface area contributed by atoms with Gasteiger partial charge in [0.25, 0.3) is 0 Å². The predicted molar refractivity (Wildman–Crippen MR) is 115 cm³/mol. The summed E-state index contributed by atoms with van der Waals surface area (Å²) in [6.07, 6.45) is -9.31. The van der Waals surface area contributed by atoms with E-state index in [4.69, 9.17) is 16.3 Å². The lowest BCUT2D eigenvalue weighted by Crippen LogP contribution is -2.46. The average molecular weight is 477 g/mol. The van der Waals surface area contributed by atoms with Crippen LogP contribution in [0.25, 0.3) is 0 Å². The Bertz CT molecular complexity index is 860. The van der Waals surface area contributed by atoms with Crippen LogP contribution in [0, 0.1) is 0 Å². The van der Waals surface area contributed by atoms with Gasteiger partial charge in [-0.2, -0.15) is 13.2 Å². The van der Waals surface area contributed by atoms with Crippen molar-refractivity contribution in [2.75, 3.05) is 6.61 Å². The summed E-state index contributed by atoms with van der Waals surface area (Å²) in [5.74, 6) is -0.470. The van der Waals surface area contributed by atoms with Crippen LogP contribution in [-0.4, -0.2) is 57.6 Å². The topological polar surface area (TPSA) is 90.2 Å². The van der Waals surface area contributed by atoms with E-state index in [0.717, 1.165) is 11.1 Å².